The monoisotopic (exact) mass is 651 g/mol. The third-order valence-corrected chi connectivity index (χ3v) is 9.38. The molecule has 0 bridgehead atoms. The number of ether oxygens (including phenoxy) is 5. The summed E-state index contributed by atoms with van der Waals surface area (Å²) in [4.78, 5) is 26.7. The van der Waals surface area contributed by atoms with E-state index in [0.29, 0.717) is 5.56 Å². The lowest BCUT2D eigenvalue weighted by molar-refractivity contribution is -0.353. The molecule has 0 aliphatic carbocycles. The average molecular weight is 652 g/mol. The highest BCUT2D eigenvalue weighted by atomic mass is 16.8. The summed E-state index contributed by atoms with van der Waals surface area (Å²) in [5.41, 5.74) is -0.907. The molecule has 4 aromatic carbocycles. The zero-order chi connectivity index (χ0) is 33.6. The molecule has 0 saturated carbocycles. The van der Waals surface area contributed by atoms with Crippen molar-refractivity contribution in [1.29, 1.82) is 5.41 Å². The Morgan fingerprint density at radius 2 is 1.47 bits per heavy atom. The molecule has 2 aliphatic rings. The summed E-state index contributed by atoms with van der Waals surface area (Å²) in [7, 11) is 1.30. The van der Waals surface area contributed by atoms with Crippen LogP contribution in [0.5, 0.6) is 11.5 Å². The maximum absolute atomic E-state index is 13.4. The molecule has 47 heavy (non-hydrogen) atoms. The summed E-state index contributed by atoms with van der Waals surface area (Å²) in [6.45, 7) is 4.74. The standard InChI is InChI=1S/C33H33NO13/c1-10-8-9-14-18-16(10)31(41)46-28-17-13(24(37)20(19(18)28)21(34)25(14)38)6-5-7-15(17)45-33-30(26(39)22(35)11(2)44-33)47-32-27(40)29(42-4)23(36)12(3)43-32/h5-9,11-12,22-23,26-27,29-30,32-37,39-40H,1-4H3/t11-,12+,22-,23-,26-,27+,29-,30-,32-,33-/m1/s1. The fourth-order valence-electron chi connectivity index (χ4n) is 6.86. The van der Waals surface area contributed by atoms with Crippen molar-refractivity contribution < 1.29 is 53.6 Å². The largest absolute Gasteiger partial charge is 0.507 e. The van der Waals surface area contributed by atoms with Crippen molar-refractivity contribution in [2.24, 2.45) is 0 Å². The maximum Gasteiger partial charge on any atom is 0.344 e. The van der Waals surface area contributed by atoms with Crippen LogP contribution in [0.25, 0.3) is 43.3 Å². The van der Waals surface area contributed by atoms with Gasteiger partial charge in [0, 0.05) is 28.7 Å². The molecule has 2 fully saturated rings. The number of aromatic hydroxyl groups is 1. The molecule has 2 aliphatic heterocycles. The number of methoxy groups -OCH3 is 1. The Morgan fingerprint density at radius 1 is 0.766 bits per heavy atom. The third kappa shape index (κ3) is 4.59. The summed E-state index contributed by atoms with van der Waals surface area (Å²) in [5, 5.41) is 63.6. The van der Waals surface area contributed by atoms with Gasteiger partial charge < -0.3 is 53.6 Å². The second kappa shape index (κ2) is 11.3. The molecular formula is C33H33NO13. The van der Waals surface area contributed by atoms with Gasteiger partial charge in [-0.15, -0.1) is 0 Å². The van der Waals surface area contributed by atoms with Crippen LogP contribution in [0.1, 0.15) is 19.4 Å². The van der Waals surface area contributed by atoms with Crippen molar-refractivity contribution in [1.82, 2.24) is 0 Å². The molecule has 248 valence electrons. The number of fused-ring (bicyclic) bond motifs is 2. The molecule has 0 radical (unpaired) electrons. The number of phenolic OH excluding ortho intramolecular Hbond substituents is 1. The molecule has 5 aromatic rings. The summed E-state index contributed by atoms with van der Waals surface area (Å²) < 4.78 is 35.0. The first kappa shape index (κ1) is 31.6. The highest BCUT2D eigenvalue weighted by Crippen LogP contribution is 2.45. The van der Waals surface area contributed by atoms with Gasteiger partial charge in [0.05, 0.1) is 28.4 Å². The average Bonchev–Trinajstić information content (AvgIpc) is 3.04. The number of hydrogen-bond donors (Lipinski definition) is 6. The highest BCUT2D eigenvalue weighted by molar-refractivity contribution is 6.29. The lowest BCUT2D eigenvalue weighted by Gasteiger charge is -2.46. The SMILES string of the molecule is CO[C@H]1[C@H](O)[C@@H](O[C@H]2[C@@H](Oc3cccc4c(O)c5c(=N)c(=O)c6ccc(C)c7c(=O)oc(c34)c5c67)O[C@H](C)[C@@H](O)[C@H]2O)O[C@@H](C)[C@H]1O. The minimum absolute atomic E-state index is 0.00235. The van der Waals surface area contributed by atoms with E-state index in [1.165, 1.54) is 38.3 Å². The van der Waals surface area contributed by atoms with Crippen molar-refractivity contribution in [3.05, 3.63) is 61.9 Å². The number of aryl methyl sites for hydroxylation is 1. The molecule has 1 aromatic heterocycles. The topological polar surface area (TPSA) is 218 Å². The van der Waals surface area contributed by atoms with E-state index in [0.717, 1.165) is 0 Å². The Balaban J connectivity index is 1.40. The van der Waals surface area contributed by atoms with Gasteiger partial charge >= 0.3 is 5.63 Å². The Bertz CT molecular complexity index is 2190. The molecule has 2 saturated heterocycles. The molecule has 3 heterocycles. The molecule has 14 nitrogen and oxygen atoms in total. The number of rotatable bonds is 5. The van der Waals surface area contributed by atoms with E-state index in [-0.39, 0.29) is 49.0 Å². The normalized spacial score (nSPS) is 31.7. The minimum Gasteiger partial charge on any atom is -0.507 e. The van der Waals surface area contributed by atoms with Crippen LogP contribution in [-0.4, -0.2) is 94.1 Å². The predicted octanol–water partition coefficient (Wildman–Crippen LogP) is 0.694. The minimum atomic E-state index is -1.61. The van der Waals surface area contributed by atoms with Crippen LogP contribution in [0.3, 0.4) is 0 Å². The molecule has 0 amide bonds. The number of aliphatic hydroxyl groups is 4. The second-order valence-corrected chi connectivity index (χ2v) is 12.2. The van der Waals surface area contributed by atoms with Gasteiger partial charge in [0.25, 0.3) is 0 Å². The van der Waals surface area contributed by atoms with Crippen LogP contribution >= 0.6 is 0 Å². The van der Waals surface area contributed by atoms with Crippen molar-refractivity contribution in [2.75, 3.05) is 7.11 Å². The zero-order valence-electron chi connectivity index (χ0n) is 25.7. The Kier molecular flexibility index (Phi) is 7.61. The molecule has 0 unspecified atom stereocenters. The molecular weight excluding hydrogens is 618 g/mol. The van der Waals surface area contributed by atoms with Gasteiger partial charge in [-0.2, -0.15) is 0 Å². The first-order chi connectivity index (χ1) is 22.3. The smallest absolute Gasteiger partial charge is 0.344 e. The van der Waals surface area contributed by atoms with Gasteiger partial charge in [0.15, 0.2) is 18.0 Å². The van der Waals surface area contributed by atoms with Crippen molar-refractivity contribution in [2.45, 2.75) is 82.2 Å². The quantitative estimate of drug-likeness (QED) is 0.0877. The summed E-state index contributed by atoms with van der Waals surface area (Å²) >= 11 is 0. The molecule has 10 atom stereocenters. The summed E-state index contributed by atoms with van der Waals surface area (Å²) in [5.74, 6) is -0.404. The number of hydrogen-bond acceptors (Lipinski definition) is 14. The summed E-state index contributed by atoms with van der Waals surface area (Å²) in [6.07, 6.45) is -13.0. The van der Waals surface area contributed by atoms with E-state index in [9.17, 15) is 35.1 Å². The molecule has 14 heteroatoms. The van der Waals surface area contributed by atoms with Gasteiger partial charge in [-0.25, -0.2) is 4.79 Å². The van der Waals surface area contributed by atoms with Crippen LogP contribution in [0.2, 0.25) is 0 Å². The molecule has 0 spiro atoms. The Morgan fingerprint density at radius 3 is 2.19 bits per heavy atom. The van der Waals surface area contributed by atoms with Gasteiger partial charge in [0.2, 0.25) is 11.7 Å². The highest BCUT2D eigenvalue weighted by Gasteiger charge is 2.50. The van der Waals surface area contributed by atoms with Crippen LogP contribution in [0, 0.1) is 12.3 Å². The van der Waals surface area contributed by atoms with Gasteiger partial charge in [0.1, 0.15) is 47.4 Å². The molecule has 6 N–H and O–H groups in total. The van der Waals surface area contributed by atoms with E-state index >= 15 is 0 Å². The first-order valence-corrected chi connectivity index (χ1v) is 15.0. The van der Waals surface area contributed by atoms with Crippen molar-refractivity contribution in [3.8, 4) is 11.5 Å². The van der Waals surface area contributed by atoms with E-state index in [1.54, 1.807) is 19.9 Å². The second-order valence-electron chi connectivity index (χ2n) is 12.2. The predicted molar refractivity (Wildman–Crippen MR) is 165 cm³/mol. The van der Waals surface area contributed by atoms with Crippen molar-refractivity contribution >= 4 is 43.3 Å². The zero-order valence-corrected chi connectivity index (χ0v) is 25.7. The number of nitrogens with one attached hydrogen (secondary N) is 1. The van der Waals surface area contributed by atoms with Gasteiger partial charge in [-0.05, 0) is 32.4 Å². The van der Waals surface area contributed by atoms with E-state index in [2.05, 4.69) is 0 Å². The van der Waals surface area contributed by atoms with Gasteiger partial charge in [-0.3, -0.25) is 10.2 Å². The van der Waals surface area contributed by atoms with Gasteiger partial charge in [-0.1, -0.05) is 24.3 Å². The van der Waals surface area contributed by atoms with Crippen LogP contribution in [0.15, 0.2) is 44.3 Å². The summed E-state index contributed by atoms with van der Waals surface area (Å²) in [6, 6.07) is 7.64. The van der Waals surface area contributed by atoms with Crippen molar-refractivity contribution in [3.63, 3.8) is 0 Å². The van der Waals surface area contributed by atoms with E-state index < -0.39 is 83.6 Å². The number of phenols is 1. The third-order valence-electron chi connectivity index (χ3n) is 9.38. The van der Waals surface area contributed by atoms with E-state index in [4.69, 9.17) is 33.5 Å². The lowest BCUT2D eigenvalue weighted by Crippen LogP contribution is -2.64. The number of benzene rings is 4. The fraction of sp³-hybridized carbons (Fsp3) is 0.424. The maximum atomic E-state index is 13.4. The van der Waals surface area contributed by atoms with Crippen LogP contribution in [-0.2, 0) is 18.9 Å². The fourth-order valence-corrected chi connectivity index (χ4v) is 6.86. The van der Waals surface area contributed by atoms with E-state index in [1.807, 2.05) is 0 Å². The Labute approximate surface area is 265 Å². The van der Waals surface area contributed by atoms with Crippen LogP contribution < -0.4 is 21.1 Å². The first-order valence-electron chi connectivity index (χ1n) is 15.0. The number of aliphatic hydroxyl groups excluding tert-OH is 4. The molecule has 7 rings (SSSR count). The Hall–Kier alpha value is -3.99. The lowest BCUT2D eigenvalue weighted by atomic mass is 9.92. The van der Waals surface area contributed by atoms with Crippen LogP contribution in [0.4, 0.5) is 0 Å².